The van der Waals surface area contributed by atoms with Crippen LogP contribution in [0.1, 0.15) is 0 Å². The smallest absolute Gasteiger partial charge is 0.259 e. The highest BCUT2D eigenvalue weighted by atomic mass is 35.5. The van der Waals surface area contributed by atoms with Crippen molar-refractivity contribution in [1.82, 2.24) is 4.98 Å². The van der Waals surface area contributed by atoms with Gasteiger partial charge in [-0.05, 0) is 18.2 Å². The molecule has 1 aromatic carbocycles. The van der Waals surface area contributed by atoms with Gasteiger partial charge in [-0.1, -0.05) is 46.1 Å². The lowest BCUT2D eigenvalue weighted by Gasteiger charge is -1.99. The Kier molecular flexibility index (Phi) is 3.54. The summed E-state index contributed by atoms with van der Waals surface area (Å²) in [6, 6.07) is 5.30. The zero-order chi connectivity index (χ0) is 11.7. The minimum absolute atomic E-state index is 0.452. The number of benzene rings is 1. The Labute approximate surface area is 110 Å². The van der Waals surface area contributed by atoms with Gasteiger partial charge in [0.1, 0.15) is 0 Å². The third-order valence-electron chi connectivity index (χ3n) is 1.78. The molecule has 0 spiro atoms. The second-order valence-corrected chi connectivity index (χ2v) is 5.48. The van der Waals surface area contributed by atoms with Crippen molar-refractivity contribution in [1.29, 1.82) is 0 Å². The molecule has 0 unspecified atom stereocenters. The summed E-state index contributed by atoms with van der Waals surface area (Å²) in [5.41, 5.74) is 0.769. The van der Waals surface area contributed by atoms with Gasteiger partial charge in [-0.25, -0.2) is 4.98 Å². The van der Waals surface area contributed by atoms with Gasteiger partial charge in [-0.15, -0.1) is 0 Å². The molecule has 0 aliphatic heterocycles. The Morgan fingerprint density at radius 2 is 2.19 bits per heavy atom. The van der Waals surface area contributed by atoms with E-state index in [1.165, 1.54) is 11.3 Å². The molecule has 2 aromatic rings. The van der Waals surface area contributed by atoms with Gasteiger partial charge in [0.2, 0.25) is 0 Å². The first kappa shape index (κ1) is 11.9. The predicted molar refractivity (Wildman–Crippen MR) is 68.8 cm³/mol. The lowest BCUT2D eigenvalue weighted by molar-refractivity contribution is -0.114. The molecule has 3 nitrogen and oxygen atoms in total. The number of rotatable bonds is 2. The fourth-order valence-electron chi connectivity index (χ4n) is 1.11. The van der Waals surface area contributed by atoms with Crippen molar-refractivity contribution < 1.29 is 4.79 Å². The number of nitrogens with one attached hydrogen (secondary N) is 1. The summed E-state index contributed by atoms with van der Waals surface area (Å²) in [6.45, 7) is 0. The highest BCUT2D eigenvalue weighted by molar-refractivity contribution is 7.22. The summed E-state index contributed by atoms with van der Waals surface area (Å²) in [5.74, 6) is -0.492. The number of amides is 1. The van der Waals surface area contributed by atoms with Gasteiger partial charge in [-0.3, -0.25) is 10.1 Å². The summed E-state index contributed by atoms with van der Waals surface area (Å²) >= 11 is 18.0. The number of thiazole rings is 1. The maximum Gasteiger partial charge on any atom is 0.259 e. The molecule has 1 aromatic heterocycles. The van der Waals surface area contributed by atoms with Crippen LogP contribution < -0.4 is 5.32 Å². The van der Waals surface area contributed by atoms with Crippen molar-refractivity contribution in [3.63, 3.8) is 0 Å². The first-order valence-corrected chi connectivity index (χ1v) is 6.28. The molecule has 0 fully saturated rings. The molecule has 0 radical (unpaired) electrons. The summed E-state index contributed by atoms with van der Waals surface area (Å²) in [4.78, 5) is 14.3. The SMILES string of the molecule is O=C(Nc1nc2ccc(Cl)cc2s1)C(Cl)Cl. The molecule has 7 heteroatoms. The number of halogens is 3. The van der Waals surface area contributed by atoms with E-state index in [0.29, 0.717) is 10.2 Å². The first-order chi connectivity index (χ1) is 7.56. The van der Waals surface area contributed by atoms with E-state index in [9.17, 15) is 4.79 Å². The number of alkyl halides is 2. The zero-order valence-electron chi connectivity index (χ0n) is 7.71. The summed E-state index contributed by atoms with van der Waals surface area (Å²) < 4.78 is 0.892. The van der Waals surface area contributed by atoms with Crippen LogP contribution in [0.2, 0.25) is 5.02 Å². The minimum Gasteiger partial charge on any atom is -0.300 e. The van der Waals surface area contributed by atoms with Crippen LogP contribution in [0.15, 0.2) is 18.2 Å². The highest BCUT2D eigenvalue weighted by Gasteiger charge is 2.13. The van der Waals surface area contributed by atoms with Crippen LogP contribution in [0.4, 0.5) is 5.13 Å². The second kappa shape index (κ2) is 4.75. The van der Waals surface area contributed by atoms with Crippen molar-refractivity contribution in [3.05, 3.63) is 23.2 Å². The number of hydrogen-bond acceptors (Lipinski definition) is 3. The van der Waals surface area contributed by atoms with Crippen molar-refractivity contribution in [3.8, 4) is 0 Å². The summed E-state index contributed by atoms with van der Waals surface area (Å²) in [7, 11) is 0. The van der Waals surface area contributed by atoms with Crippen molar-refractivity contribution in [2.45, 2.75) is 4.84 Å². The van der Waals surface area contributed by atoms with Gasteiger partial charge in [0.15, 0.2) is 9.97 Å². The van der Waals surface area contributed by atoms with Gasteiger partial charge >= 0.3 is 0 Å². The third-order valence-corrected chi connectivity index (χ3v) is 3.34. The quantitative estimate of drug-likeness (QED) is 0.859. The fourth-order valence-corrected chi connectivity index (χ4v) is 2.37. The molecule has 0 saturated carbocycles. The van der Waals surface area contributed by atoms with E-state index in [4.69, 9.17) is 34.8 Å². The van der Waals surface area contributed by atoms with E-state index in [2.05, 4.69) is 10.3 Å². The molecular weight excluding hydrogens is 291 g/mol. The molecule has 0 atom stereocenters. The van der Waals surface area contributed by atoms with Crippen molar-refractivity contribution in [2.24, 2.45) is 0 Å². The lowest BCUT2D eigenvalue weighted by Crippen LogP contribution is -2.18. The number of hydrogen-bond donors (Lipinski definition) is 1. The highest BCUT2D eigenvalue weighted by Crippen LogP contribution is 2.28. The molecule has 1 amide bonds. The molecule has 2 rings (SSSR count). The monoisotopic (exact) mass is 294 g/mol. The summed E-state index contributed by atoms with van der Waals surface area (Å²) in [5, 5.41) is 3.59. The van der Waals surface area contributed by atoms with E-state index >= 15 is 0 Å². The first-order valence-electron chi connectivity index (χ1n) is 4.21. The molecule has 16 heavy (non-hydrogen) atoms. The van der Waals surface area contributed by atoms with E-state index in [1.54, 1.807) is 18.2 Å². The maximum atomic E-state index is 11.2. The van der Waals surface area contributed by atoms with Gasteiger partial charge in [0.25, 0.3) is 5.91 Å². The number of carbonyl (C=O) groups excluding carboxylic acids is 1. The van der Waals surface area contributed by atoms with Crippen LogP contribution in [0.5, 0.6) is 0 Å². The standard InChI is InChI=1S/C9H5Cl3N2OS/c10-4-1-2-5-6(3-4)16-9(13-5)14-8(15)7(11)12/h1-3,7H,(H,13,14,15). The maximum absolute atomic E-state index is 11.2. The Morgan fingerprint density at radius 3 is 2.88 bits per heavy atom. The number of aromatic nitrogens is 1. The fraction of sp³-hybridized carbons (Fsp3) is 0.111. The van der Waals surface area contributed by atoms with Crippen molar-refractivity contribution in [2.75, 3.05) is 5.32 Å². The van der Waals surface area contributed by atoms with Crippen LogP contribution >= 0.6 is 46.1 Å². The minimum atomic E-state index is -1.10. The van der Waals surface area contributed by atoms with Crippen LogP contribution in [-0.4, -0.2) is 15.7 Å². The van der Waals surface area contributed by atoms with Crippen LogP contribution in [0.25, 0.3) is 10.2 Å². The average molecular weight is 296 g/mol. The van der Waals surface area contributed by atoms with E-state index in [0.717, 1.165) is 10.2 Å². The number of carbonyl (C=O) groups is 1. The largest absolute Gasteiger partial charge is 0.300 e. The molecule has 1 heterocycles. The van der Waals surface area contributed by atoms with Crippen LogP contribution in [0.3, 0.4) is 0 Å². The molecule has 84 valence electrons. The zero-order valence-corrected chi connectivity index (χ0v) is 10.8. The van der Waals surface area contributed by atoms with Gasteiger partial charge < -0.3 is 0 Å². The molecule has 1 N–H and O–H groups in total. The van der Waals surface area contributed by atoms with Gasteiger partial charge in [0, 0.05) is 5.02 Å². The Balaban J connectivity index is 2.29. The average Bonchev–Trinajstić information content (AvgIpc) is 2.58. The Hall–Kier alpha value is -0.550. The van der Waals surface area contributed by atoms with Crippen molar-refractivity contribution >= 4 is 67.4 Å². The van der Waals surface area contributed by atoms with Gasteiger partial charge in [-0.2, -0.15) is 0 Å². The van der Waals surface area contributed by atoms with E-state index in [-0.39, 0.29) is 0 Å². The Bertz CT molecular complexity index is 541. The van der Waals surface area contributed by atoms with Crippen LogP contribution in [-0.2, 0) is 4.79 Å². The number of nitrogens with zero attached hydrogens (tertiary/aromatic N) is 1. The van der Waals surface area contributed by atoms with Crippen LogP contribution in [0, 0.1) is 0 Å². The molecule has 0 aliphatic rings. The molecule has 0 saturated heterocycles. The van der Waals surface area contributed by atoms with E-state index in [1.807, 2.05) is 0 Å². The number of fused-ring (bicyclic) bond motifs is 1. The predicted octanol–water partition coefficient (Wildman–Crippen LogP) is 3.69. The lowest BCUT2D eigenvalue weighted by atomic mass is 10.3. The molecular formula is C9H5Cl3N2OS. The third kappa shape index (κ3) is 2.58. The molecule has 0 aliphatic carbocycles. The summed E-state index contributed by atoms with van der Waals surface area (Å²) in [6.07, 6.45) is 0. The Morgan fingerprint density at radius 1 is 1.44 bits per heavy atom. The topological polar surface area (TPSA) is 42.0 Å². The normalized spacial score (nSPS) is 11.0. The second-order valence-electron chi connectivity index (χ2n) is 2.92. The molecule has 0 bridgehead atoms. The van der Waals surface area contributed by atoms with Gasteiger partial charge in [0.05, 0.1) is 10.2 Å². The van der Waals surface area contributed by atoms with E-state index < -0.39 is 10.7 Å². The number of anilines is 1.